The molecule has 0 aliphatic carbocycles. The number of nitrogen functional groups attached to an aromatic ring is 2. The van der Waals surface area contributed by atoms with E-state index in [-0.39, 0.29) is 5.92 Å². The van der Waals surface area contributed by atoms with E-state index in [1.165, 1.54) is 4.68 Å². The maximum Gasteiger partial charge on any atom is 0.161 e. The molecule has 1 aromatic heterocycles. The first kappa shape index (κ1) is 13.6. The molecule has 0 bridgehead atoms. The van der Waals surface area contributed by atoms with Crippen molar-refractivity contribution in [2.45, 2.75) is 26.2 Å². The van der Waals surface area contributed by atoms with Crippen LogP contribution in [0.5, 0.6) is 11.5 Å². The predicted octanol–water partition coefficient (Wildman–Crippen LogP) is 2.13. The average Bonchev–Trinajstić information content (AvgIpc) is 2.66. The topological polar surface area (TPSA) is 88.3 Å². The summed E-state index contributed by atoms with van der Waals surface area (Å²) < 4.78 is 12.8. The molecule has 0 atom stereocenters. The van der Waals surface area contributed by atoms with Gasteiger partial charge in [0, 0.05) is 17.9 Å². The van der Waals surface area contributed by atoms with Crippen molar-refractivity contribution in [3.63, 3.8) is 0 Å². The van der Waals surface area contributed by atoms with Crippen molar-refractivity contribution in [2.75, 3.05) is 24.8 Å². The Morgan fingerprint density at radius 3 is 2.57 bits per heavy atom. The van der Waals surface area contributed by atoms with Gasteiger partial charge in [0.05, 0.1) is 13.2 Å². The molecule has 6 nitrogen and oxygen atoms in total. The Bertz CT molecular complexity index is 664. The summed E-state index contributed by atoms with van der Waals surface area (Å²) in [6.45, 7) is 5.38. The summed E-state index contributed by atoms with van der Waals surface area (Å²) in [6.07, 6.45) is 0.876. The van der Waals surface area contributed by atoms with Crippen molar-refractivity contribution < 1.29 is 9.47 Å². The van der Waals surface area contributed by atoms with Crippen molar-refractivity contribution in [2.24, 2.45) is 0 Å². The van der Waals surface area contributed by atoms with Gasteiger partial charge in [0.15, 0.2) is 17.3 Å². The summed E-state index contributed by atoms with van der Waals surface area (Å²) >= 11 is 0. The van der Waals surface area contributed by atoms with Gasteiger partial charge < -0.3 is 21.1 Å². The number of rotatable bonds is 2. The van der Waals surface area contributed by atoms with Crippen molar-refractivity contribution in [3.05, 3.63) is 24.0 Å². The first-order valence-corrected chi connectivity index (χ1v) is 7.11. The second-order valence-electron chi connectivity index (χ2n) is 5.44. The Balaban J connectivity index is 2.05. The number of imidazole rings is 1. The molecular formula is C15H20N4O2. The van der Waals surface area contributed by atoms with E-state index in [0.29, 0.717) is 24.7 Å². The Morgan fingerprint density at radius 1 is 1.19 bits per heavy atom. The molecule has 112 valence electrons. The van der Waals surface area contributed by atoms with Gasteiger partial charge in [-0.15, -0.1) is 0 Å². The number of fused-ring (bicyclic) bond motifs is 1. The molecule has 2 aromatic rings. The number of benzene rings is 1. The zero-order chi connectivity index (χ0) is 15.0. The van der Waals surface area contributed by atoms with Crippen molar-refractivity contribution >= 4 is 5.82 Å². The smallest absolute Gasteiger partial charge is 0.161 e. The standard InChI is InChI=1S/C15H20N4O2/c1-9(2)15-18-13(14(16)19(15)17)10-4-5-11-12(8-10)21-7-3-6-20-11/h4-5,8-9H,3,6-7,16-17H2,1-2H3. The molecule has 0 amide bonds. The molecule has 4 N–H and O–H groups in total. The highest BCUT2D eigenvalue weighted by Crippen LogP contribution is 2.36. The number of anilines is 1. The van der Waals surface area contributed by atoms with E-state index in [1.807, 2.05) is 32.0 Å². The zero-order valence-corrected chi connectivity index (χ0v) is 12.3. The number of aromatic nitrogens is 2. The molecule has 2 heterocycles. The van der Waals surface area contributed by atoms with Crippen LogP contribution in [0.4, 0.5) is 5.82 Å². The number of hydrogen-bond acceptors (Lipinski definition) is 5. The lowest BCUT2D eigenvalue weighted by Gasteiger charge is -2.08. The molecule has 0 saturated carbocycles. The van der Waals surface area contributed by atoms with Gasteiger partial charge in [0.2, 0.25) is 0 Å². The third-order valence-corrected chi connectivity index (χ3v) is 3.51. The minimum absolute atomic E-state index is 0.200. The largest absolute Gasteiger partial charge is 0.490 e. The van der Waals surface area contributed by atoms with E-state index in [9.17, 15) is 0 Å². The van der Waals surface area contributed by atoms with Gasteiger partial charge in [-0.2, -0.15) is 0 Å². The number of nitrogens with zero attached hydrogens (tertiary/aromatic N) is 2. The quantitative estimate of drug-likeness (QED) is 0.826. The van der Waals surface area contributed by atoms with Crippen LogP contribution in [0.15, 0.2) is 18.2 Å². The van der Waals surface area contributed by atoms with E-state index in [0.717, 1.165) is 29.3 Å². The maximum absolute atomic E-state index is 6.08. The van der Waals surface area contributed by atoms with Gasteiger partial charge in [0.1, 0.15) is 11.5 Å². The monoisotopic (exact) mass is 288 g/mol. The van der Waals surface area contributed by atoms with Crippen LogP contribution in [-0.4, -0.2) is 22.9 Å². The van der Waals surface area contributed by atoms with E-state index in [2.05, 4.69) is 4.98 Å². The number of ether oxygens (including phenoxy) is 2. The Hall–Kier alpha value is -2.37. The minimum Gasteiger partial charge on any atom is -0.490 e. The van der Waals surface area contributed by atoms with Crippen LogP contribution in [0.3, 0.4) is 0 Å². The number of nitrogens with two attached hydrogens (primary N) is 2. The molecule has 0 spiro atoms. The van der Waals surface area contributed by atoms with Crippen molar-refractivity contribution in [1.82, 2.24) is 9.66 Å². The first-order valence-electron chi connectivity index (χ1n) is 7.11. The van der Waals surface area contributed by atoms with Gasteiger partial charge in [-0.05, 0) is 18.2 Å². The van der Waals surface area contributed by atoms with Crippen LogP contribution in [-0.2, 0) is 0 Å². The molecular weight excluding hydrogens is 268 g/mol. The average molecular weight is 288 g/mol. The van der Waals surface area contributed by atoms with Gasteiger partial charge in [-0.25, -0.2) is 9.66 Å². The van der Waals surface area contributed by atoms with Gasteiger partial charge in [-0.3, -0.25) is 0 Å². The fourth-order valence-corrected chi connectivity index (χ4v) is 2.39. The van der Waals surface area contributed by atoms with Crippen LogP contribution in [0.1, 0.15) is 32.0 Å². The second-order valence-corrected chi connectivity index (χ2v) is 5.44. The molecule has 0 fully saturated rings. The third-order valence-electron chi connectivity index (χ3n) is 3.51. The fraction of sp³-hybridized carbons (Fsp3) is 0.400. The van der Waals surface area contributed by atoms with Crippen LogP contribution in [0, 0.1) is 0 Å². The SMILES string of the molecule is CC(C)c1nc(-c2ccc3c(c2)OCCCO3)c(N)n1N. The highest BCUT2D eigenvalue weighted by molar-refractivity contribution is 5.73. The number of hydrogen-bond donors (Lipinski definition) is 2. The molecule has 0 unspecified atom stereocenters. The zero-order valence-electron chi connectivity index (χ0n) is 12.3. The molecule has 0 radical (unpaired) electrons. The van der Waals surface area contributed by atoms with Gasteiger partial charge in [0.25, 0.3) is 0 Å². The summed E-state index contributed by atoms with van der Waals surface area (Å²) in [7, 11) is 0. The highest BCUT2D eigenvalue weighted by Gasteiger charge is 2.19. The summed E-state index contributed by atoms with van der Waals surface area (Å²) in [4.78, 5) is 4.57. The van der Waals surface area contributed by atoms with Gasteiger partial charge >= 0.3 is 0 Å². The lowest BCUT2D eigenvalue weighted by molar-refractivity contribution is 0.297. The molecule has 1 aromatic carbocycles. The maximum atomic E-state index is 6.08. The predicted molar refractivity (Wildman–Crippen MR) is 81.9 cm³/mol. The summed E-state index contributed by atoms with van der Waals surface area (Å²) in [5.41, 5.74) is 7.64. The Kier molecular flexibility index (Phi) is 3.37. The van der Waals surface area contributed by atoms with E-state index in [1.54, 1.807) is 0 Å². The first-order chi connectivity index (χ1) is 10.1. The molecule has 1 aliphatic heterocycles. The lowest BCUT2D eigenvalue weighted by Crippen LogP contribution is -2.16. The summed E-state index contributed by atoms with van der Waals surface area (Å²) in [5, 5.41) is 0. The lowest BCUT2D eigenvalue weighted by atomic mass is 10.1. The molecule has 6 heteroatoms. The van der Waals surface area contributed by atoms with Crippen molar-refractivity contribution in [1.29, 1.82) is 0 Å². The van der Waals surface area contributed by atoms with Crippen LogP contribution in [0.2, 0.25) is 0 Å². The normalized spacial score (nSPS) is 14.2. The van der Waals surface area contributed by atoms with Crippen LogP contribution >= 0.6 is 0 Å². The second kappa shape index (κ2) is 5.20. The minimum atomic E-state index is 0.200. The van der Waals surface area contributed by atoms with E-state index in [4.69, 9.17) is 21.1 Å². The Labute approximate surface area is 123 Å². The molecule has 1 aliphatic rings. The van der Waals surface area contributed by atoms with Crippen LogP contribution in [0.25, 0.3) is 11.3 Å². The van der Waals surface area contributed by atoms with Crippen LogP contribution < -0.4 is 21.1 Å². The highest BCUT2D eigenvalue weighted by atomic mass is 16.5. The summed E-state index contributed by atoms with van der Waals surface area (Å²) in [5.74, 6) is 8.87. The third kappa shape index (κ3) is 2.37. The van der Waals surface area contributed by atoms with E-state index < -0.39 is 0 Å². The fourth-order valence-electron chi connectivity index (χ4n) is 2.39. The molecule has 0 saturated heterocycles. The molecule has 21 heavy (non-hydrogen) atoms. The molecule has 3 rings (SSSR count). The Morgan fingerprint density at radius 2 is 1.90 bits per heavy atom. The van der Waals surface area contributed by atoms with E-state index >= 15 is 0 Å². The van der Waals surface area contributed by atoms with Crippen molar-refractivity contribution in [3.8, 4) is 22.8 Å². The van der Waals surface area contributed by atoms with Gasteiger partial charge in [-0.1, -0.05) is 13.8 Å². The summed E-state index contributed by atoms with van der Waals surface area (Å²) in [6, 6.07) is 5.72.